The van der Waals surface area contributed by atoms with Gasteiger partial charge in [-0.25, -0.2) is 24.4 Å². The first-order valence-electron chi connectivity index (χ1n) is 23.8. The summed E-state index contributed by atoms with van der Waals surface area (Å²) in [4.78, 5) is 90.3. The highest BCUT2D eigenvalue weighted by atomic mass is 16.7. The van der Waals surface area contributed by atoms with Crippen molar-refractivity contribution >= 4 is 30.0 Å². The number of carbonyl (C=O) groups excluding carboxylic acids is 5. The number of imidazole rings is 2. The lowest BCUT2D eigenvalue weighted by atomic mass is 10.0. The molecule has 6 amide bonds. The number of hydrogen-bond donors (Lipinski definition) is 4. The molecule has 4 atom stereocenters. The van der Waals surface area contributed by atoms with Crippen LogP contribution in [0.25, 0.3) is 33.6 Å². The quantitative estimate of drug-likeness (QED) is 0.106. The standard InChI is InChI=1S/C51H58N10O9/c1-28(2)42(56-48(64)67-5)46(62)60-25-51(15-16-51)19-38(60)44-52-20-36(54-44)32-11-7-30(8-12-32)31-9-13-33(14-10-31)37-21-53-45(55-37)39-24-59(26-61(39)47(63)43(29(3)4)57-49(65)68-6)50(66)58-22-34-17-40-41(70-27-69-40)18-35(34)23-58/h7-14,17-18,20-21,28-29,38-39,42-43H,15-16,19,22-27H2,1-6H3,(H,52,54)(H,53,55)(H,56,64)(H,57,65)/t38-,39-,42?,43-/m0/s1. The van der Waals surface area contributed by atoms with Gasteiger partial charge in [0.05, 0.1) is 57.3 Å². The van der Waals surface area contributed by atoms with E-state index in [9.17, 15) is 24.0 Å². The second-order valence-corrected chi connectivity index (χ2v) is 19.7. The second kappa shape index (κ2) is 18.4. The SMILES string of the molecule is COC(=O)NC(C(=O)N1CC2(CC2)C[C@H]1c1ncc(-c2ccc(-c3ccc(-c4cnc([C@@H]5CN(C(=O)N6Cc7cc8c(cc7C6)OCO8)CN5C(=O)[C@@H](NC(=O)OC)C(C)C)[nH]4)cc3)cc2)[nH]1)C(C)C. The molecule has 70 heavy (non-hydrogen) atoms. The van der Waals surface area contributed by atoms with Gasteiger partial charge in [-0.05, 0) is 82.0 Å². The molecule has 10 rings (SSSR count). The highest BCUT2D eigenvalue weighted by molar-refractivity contribution is 5.88. The smallest absolute Gasteiger partial charge is 0.407 e. The van der Waals surface area contributed by atoms with Crippen molar-refractivity contribution in [3.63, 3.8) is 0 Å². The largest absolute Gasteiger partial charge is 0.454 e. The van der Waals surface area contributed by atoms with Crippen LogP contribution in [-0.2, 0) is 32.2 Å². The molecule has 2 aromatic heterocycles. The fourth-order valence-electron chi connectivity index (χ4n) is 10.2. The van der Waals surface area contributed by atoms with Crippen LogP contribution >= 0.6 is 0 Å². The molecule has 5 aromatic rings. The number of fused-ring (bicyclic) bond motifs is 2. The second-order valence-electron chi connectivity index (χ2n) is 19.7. The number of aromatic nitrogens is 4. The molecule has 4 N–H and O–H groups in total. The first-order chi connectivity index (χ1) is 33.7. The third-order valence-electron chi connectivity index (χ3n) is 14.4. The molecule has 19 heteroatoms. The normalized spacial score (nSPS) is 19.4. The van der Waals surface area contributed by atoms with Gasteiger partial charge in [-0.15, -0.1) is 0 Å². The number of aromatic amines is 2. The highest BCUT2D eigenvalue weighted by Gasteiger charge is 2.55. The number of rotatable bonds is 11. The number of alkyl carbamates (subject to hydrolysis) is 2. The Morgan fingerprint density at radius 3 is 1.61 bits per heavy atom. The molecule has 0 bridgehead atoms. The van der Waals surface area contributed by atoms with Crippen LogP contribution < -0.4 is 20.1 Å². The van der Waals surface area contributed by atoms with Crippen LogP contribution in [0.2, 0.25) is 0 Å². The zero-order valence-electron chi connectivity index (χ0n) is 40.1. The summed E-state index contributed by atoms with van der Waals surface area (Å²) in [7, 11) is 2.54. The average Bonchev–Trinajstić information content (AvgIpc) is 4.11. The van der Waals surface area contributed by atoms with Gasteiger partial charge in [0.2, 0.25) is 18.6 Å². The van der Waals surface area contributed by atoms with Gasteiger partial charge < -0.3 is 59.1 Å². The monoisotopic (exact) mass is 954 g/mol. The molecule has 1 aliphatic carbocycles. The number of nitrogens with one attached hydrogen (secondary N) is 4. The molecule has 3 fully saturated rings. The van der Waals surface area contributed by atoms with Crippen molar-refractivity contribution in [3.05, 3.63) is 95.8 Å². The third kappa shape index (κ3) is 8.83. The van der Waals surface area contributed by atoms with Crippen molar-refractivity contribution in [3.8, 4) is 45.1 Å². The number of benzene rings is 3. The summed E-state index contributed by atoms with van der Waals surface area (Å²) in [5.74, 6) is 1.66. The number of amides is 6. The van der Waals surface area contributed by atoms with E-state index in [1.54, 1.807) is 20.9 Å². The molecule has 1 unspecified atom stereocenters. The lowest BCUT2D eigenvalue weighted by molar-refractivity contribution is -0.136. The molecule has 6 heterocycles. The molecule has 0 radical (unpaired) electrons. The maximum Gasteiger partial charge on any atom is 0.407 e. The van der Waals surface area contributed by atoms with Crippen molar-refractivity contribution in [2.24, 2.45) is 17.3 Å². The average molecular weight is 955 g/mol. The van der Waals surface area contributed by atoms with E-state index in [4.69, 9.17) is 28.9 Å². The van der Waals surface area contributed by atoms with Crippen LogP contribution in [0, 0.1) is 17.3 Å². The van der Waals surface area contributed by atoms with Crippen LogP contribution in [-0.4, -0.2) is 122 Å². The summed E-state index contributed by atoms with van der Waals surface area (Å²) in [6, 6.07) is 17.4. The number of ether oxygens (including phenoxy) is 4. The Morgan fingerprint density at radius 1 is 0.671 bits per heavy atom. The minimum absolute atomic E-state index is 0.00766. The van der Waals surface area contributed by atoms with E-state index >= 15 is 0 Å². The number of nitrogens with zero attached hydrogens (tertiary/aromatic N) is 6. The molecule has 19 nitrogen and oxygen atoms in total. The Hall–Kier alpha value is -7.57. The molecule has 1 saturated carbocycles. The van der Waals surface area contributed by atoms with E-state index in [1.807, 2.05) is 87.3 Å². The Bertz CT molecular complexity index is 2790. The highest BCUT2D eigenvalue weighted by Crippen LogP contribution is 2.58. The zero-order valence-corrected chi connectivity index (χ0v) is 40.1. The van der Waals surface area contributed by atoms with Crippen LogP contribution in [0.15, 0.2) is 73.1 Å². The molecule has 1 spiro atoms. The number of methoxy groups -OCH3 is 2. The number of urea groups is 1. The van der Waals surface area contributed by atoms with Crippen molar-refractivity contribution in [1.29, 1.82) is 0 Å². The van der Waals surface area contributed by atoms with E-state index < -0.39 is 30.3 Å². The lowest BCUT2D eigenvalue weighted by Gasteiger charge is -2.30. The molecular formula is C51H58N10O9. The molecule has 5 aliphatic rings. The number of likely N-dealkylation sites (tertiary alicyclic amines) is 1. The van der Waals surface area contributed by atoms with Gasteiger partial charge in [-0.1, -0.05) is 76.2 Å². The van der Waals surface area contributed by atoms with Gasteiger partial charge >= 0.3 is 18.2 Å². The van der Waals surface area contributed by atoms with Gasteiger partial charge in [-0.3, -0.25) is 9.59 Å². The summed E-state index contributed by atoms with van der Waals surface area (Å²) in [6.07, 6.45) is 5.14. The predicted octanol–water partition coefficient (Wildman–Crippen LogP) is 6.96. The molecule has 4 aliphatic heterocycles. The summed E-state index contributed by atoms with van der Waals surface area (Å²) >= 11 is 0. The summed E-state index contributed by atoms with van der Waals surface area (Å²) in [6.45, 7) is 9.26. The summed E-state index contributed by atoms with van der Waals surface area (Å²) in [5, 5.41) is 5.43. The molecule has 3 aromatic carbocycles. The van der Waals surface area contributed by atoms with E-state index in [1.165, 1.54) is 14.2 Å². The van der Waals surface area contributed by atoms with E-state index in [0.717, 1.165) is 69.9 Å². The summed E-state index contributed by atoms with van der Waals surface area (Å²) in [5.41, 5.74) is 7.48. The minimum atomic E-state index is -0.909. The van der Waals surface area contributed by atoms with E-state index in [0.29, 0.717) is 37.0 Å². The van der Waals surface area contributed by atoms with Gasteiger partial charge in [0, 0.05) is 19.6 Å². The fourth-order valence-corrected chi connectivity index (χ4v) is 10.2. The van der Waals surface area contributed by atoms with Crippen molar-refractivity contribution in [1.82, 2.24) is 50.2 Å². The predicted molar refractivity (Wildman–Crippen MR) is 254 cm³/mol. The molecule has 2 saturated heterocycles. The first kappa shape index (κ1) is 46.2. The lowest BCUT2D eigenvalue weighted by Crippen LogP contribution is -2.52. The fraction of sp³-hybridized carbons (Fsp3) is 0.431. The Balaban J connectivity index is 0.832. The van der Waals surface area contributed by atoms with Gasteiger partial charge in [0.15, 0.2) is 11.5 Å². The van der Waals surface area contributed by atoms with Crippen molar-refractivity contribution in [2.75, 3.05) is 40.8 Å². The molecule has 366 valence electrons. The molecular weight excluding hydrogens is 897 g/mol. The van der Waals surface area contributed by atoms with Gasteiger partial charge in [0.25, 0.3) is 0 Å². The van der Waals surface area contributed by atoms with Gasteiger partial charge in [-0.2, -0.15) is 0 Å². The van der Waals surface area contributed by atoms with Crippen LogP contribution in [0.4, 0.5) is 14.4 Å². The van der Waals surface area contributed by atoms with Crippen molar-refractivity contribution in [2.45, 2.75) is 84.2 Å². The Morgan fingerprint density at radius 2 is 1.14 bits per heavy atom. The van der Waals surface area contributed by atoms with Crippen LogP contribution in [0.3, 0.4) is 0 Å². The first-order valence-corrected chi connectivity index (χ1v) is 23.8. The maximum atomic E-state index is 14.3. The number of H-pyrrole nitrogens is 2. The summed E-state index contributed by atoms with van der Waals surface area (Å²) < 4.78 is 20.8. The van der Waals surface area contributed by atoms with Crippen LogP contribution in [0.1, 0.15) is 81.8 Å². The Labute approximate surface area is 405 Å². The van der Waals surface area contributed by atoms with E-state index in [2.05, 4.69) is 32.7 Å². The number of hydrogen-bond acceptors (Lipinski definition) is 11. The number of carbonyl (C=O) groups is 5. The van der Waals surface area contributed by atoms with Gasteiger partial charge in [0.1, 0.15) is 29.8 Å². The Kier molecular flexibility index (Phi) is 12.1. The van der Waals surface area contributed by atoms with Crippen LogP contribution in [0.5, 0.6) is 11.5 Å². The van der Waals surface area contributed by atoms with E-state index in [-0.39, 0.29) is 61.1 Å². The maximum absolute atomic E-state index is 14.3. The van der Waals surface area contributed by atoms with Crippen molar-refractivity contribution < 1.29 is 42.9 Å². The topological polar surface area (TPSA) is 217 Å². The minimum Gasteiger partial charge on any atom is -0.454 e. The third-order valence-corrected chi connectivity index (χ3v) is 14.4. The zero-order chi connectivity index (χ0) is 49.0.